The molecule has 0 heterocycles. The first-order valence-corrected chi connectivity index (χ1v) is 7.14. The molecule has 4 heteroatoms. The highest BCUT2D eigenvalue weighted by molar-refractivity contribution is 9.10. The van der Waals surface area contributed by atoms with Crippen LogP contribution in [0.1, 0.15) is 26.3 Å². The molecule has 0 aliphatic heterocycles. The van der Waals surface area contributed by atoms with Crippen molar-refractivity contribution in [2.45, 2.75) is 26.3 Å². The maximum Gasteiger partial charge on any atom is 0.328 e. The van der Waals surface area contributed by atoms with Crippen molar-refractivity contribution in [1.29, 1.82) is 0 Å². The van der Waals surface area contributed by atoms with Gasteiger partial charge in [0.25, 0.3) is 0 Å². The Morgan fingerprint density at radius 1 is 1.45 bits per heavy atom. The minimum Gasteiger partial charge on any atom is -0.478 e. The lowest BCUT2D eigenvalue weighted by Gasteiger charge is -2.37. The highest BCUT2D eigenvalue weighted by Gasteiger charge is 2.20. The fourth-order valence-electron chi connectivity index (χ4n) is 1.88. The van der Waals surface area contributed by atoms with Crippen LogP contribution in [0.3, 0.4) is 0 Å². The predicted molar refractivity (Wildman–Crippen MR) is 88.1 cm³/mol. The maximum absolute atomic E-state index is 10.6. The average Bonchev–Trinajstić information content (AvgIpc) is 2.32. The number of anilines is 1. The number of carbonyl (C=O) groups is 1. The summed E-state index contributed by atoms with van der Waals surface area (Å²) < 4.78 is 0.866. The SMILES string of the molecule is C=CCN(c1ccc(/C=C/C(=O)O)c(Br)c1)C(C)(C)C. The van der Waals surface area contributed by atoms with Gasteiger partial charge in [-0.05, 0) is 44.5 Å². The third-order valence-corrected chi connectivity index (χ3v) is 3.51. The number of nitrogens with zero attached hydrogens (tertiary/aromatic N) is 1. The van der Waals surface area contributed by atoms with E-state index in [0.29, 0.717) is 0 Å². The van der Waals surface area contributed by atoms with Gasteiger partial charge in [-0.15, -0.1) is 6.58 Å². The van der Waals surface area contributed by atoms with Gasteiger partial charge in [-0.2, -0.15) is 0 Å². The van der Waals surface area contributed by atoms with Crippen molar-refractivity contribution >= 4 is 33.7 Å². The largest absolute Gasteiger partial charge is 0.478 e. The highest BCUT2D eigenvalue weighted by atomic mass is 79.9. The molecule has 0 unspecified atom stereocenters. The van der Waals surface area contributed by atoms with Crippen LogP contribution in [0.5, 0.6) is 0 Å². The van der Waals surface area contributed by atoms with E-state index in [1.54, 1.807) is 6.08 Å². The number of carboxylic acids is 1. The van der Waals surface area contributed by atoms with E-state index in [2.05, 4.69) is 48.2 Å². The zero-order valence-corrected chi connectivity index (χ0v) is 13.6. The first-order valence-electron chi connectivity index (χ1n) is 6.35. The maximum atomic E-state index is 10.6. The van der Waals surface area contributed by atoms with Crippen LogP contribution in [0.2, 0.25) is 0 Å². The fraction of sp³-hybridized carbons (Fsp3) is 0.312. The first-order chi connectivity index (χ1) is 9.25. The van der Waals surface area contributed by atoms with Gasteiger partial charge >= 0.3 is 5.97 Å². The van der Waals surface area contributed by atoms with Crippen molar-refractivity contribution in [3.05, 3.63) is 47.0 Å². The lowest BCUT2D eigenvalue weighted by Crippen LogP contribution is -2.41. The molecule has 1 aromatic carbocycles. The van der Waals surface area contributed by atoms with Crippen LogP contribution in [-0.2, 0) is 4.79 Å². The second kappa shape index (κ2) is 6.75. The van der Waals surface area contributed by atoms with Gasteiger partial charge in [0.2, 0.25) is 0 Å². The summed E-state index contributed by atoms with van der Waals surface area (Å²) in [5, 5.41) is 8.66. The Bertz CT molecular complexity index is 530. The molecule has 0 aliphatic rings. The molecule has 0 atom stereocenters. The number of halogens is 1. The average molecular weight is 338 g/mol. The zero-order valence-electron chi connectivity index (χ0n) is 12.1. The zero-order chi connectivity index (χ0) is 15.3. The van der Waals surface area contributed by atoms with Crippen LogP contribution in [0, 0.1) is 0 Å². The molecule has 0 aromatic heterocycles. The van der Waals surface area contributed by atoms with E-state index in [0.717, 1.165) is 28.3 Å². The third-order valence-electron chi connectivity index (χ3n) is 2.82. The molecule has 0 bridgehead atoms. The normalized spacial score (nSPS) is 11.6. The van der Waals surface area contributed by atoms with Crippen molar-refractivity contribution in [3.63, 3.8) is 0 Å². The number of rotatable bonds is 5. The van der Waals surface area contributed by atoms with Crippen molar-refractivity contribution in [2.75, 3.05) is 11.4 Å². The Labute approximate surface area is 128 Å². The van der Waals surface area contributed by atoms with Gasteiger partial charge in [-0.25, -0.2) is 4.79 Å². The molecule has 0 saturated heterocycles. The molecule has 3 nitrogen and oxygen atoms in total. The van der Waals surface area contributed by atoms with Crippen LogP contribution in [0.25, 0.3) is 6.08 Å². The molecule has 0 fully saturated rings. The minimum absolute atomic E-state index is 0.0218. The summed E-state index contributed by atoms with van der Waals surface area (Å²) in [4.78, 5) is 12.8. The minimum atomic E-state index is -0.955. The summed E-state index contributed by atoms with van der Waals surface area (Å²) in [5.74, 6) is -0.955. The molecule has 0 radical (unpaired) electrons. The molecule has 108 valence electrons. The molecule has 1 rings (SSSR count). The van der Waals surface area contributed by atoms with Gasteiger partial charge in [-0.3, -0.25) is 0 Å². The molecule has 1 aromatic rings. The van der Waals surface area contributed by atoms with E-state index in [4.69, 9.17) is 5.11 Å². The predicted octanol–water partition coefficient (Wildman–Crippen LogP) is 4.34. The monoisotopic (exact) mass is 337 g/mol. The topological polar surface area (TPSA) is 40.5 Å². The molecule has 0 saturated carbocycles. The molecular formula is C16H20BrNO2. The van der Waals surface area contributed by atoms with Gasteiger partial charge in [0.15, 0.2) is 0 Å². The van der Waals surface area contributed by atoms with E-state index in [1.165, 1.54) is 0 Å². The summed E-state index contributed by atoms with van der Waals surface area (Å²) in [6, 6.07) is 5.89. The van der Waals surface area contributed by atoms with E-state index in [1.807, 2.05) is 24.3 Å². The Morgan fingerprint density at radius 2 is 2.10 bits per heavy atom. The van der Waals surface area contributed by atoms with Gasteiger partial charge in [0, 0.05) is 28.3 Å². The number of hydrogen-bond donors (Lipinski definition) is 1. The van der Waals surface area contributed by atoms with Crippen LogP contribution >= 0.6 is 15.9 Å². The van der Waals surface area contributed by atoms with Gasteiger partial charge in [0.1, 0.15) is 0 Å². The van der Waals surface area contributed by atoms with E-state index in [-0.39, 0.29) is 5.54 Å². The summed E-state index contributed by atoms with van der Waals surface area (Å²) in [6.45, 7) is 11.0. The van der Waals surface area contributed by atoms with E-state index in [9.17, 15) is 4.79 Å². The second-order valence-electron chi connectivity index (χ2n) is 5.45. The second-order valence-corrected chi connectivity index (χ2v) is 6.30. The Hall–Kier alpha value is -1.55. The Balaban J connectivity index is 3.12. The highest BCUT2D eigenvalue weighted by Crippen LogP contribution is 2.29. The standard InChI is InChI=1S/C16H20BrNO2/c1-5-10-18(16(2,3)4)13-8-6-12(14(17)11-13)7-9-15(19)20/h5-9,11H,1,10H2,2-4H3,(H,19,20)/b9-7+. The number of aliphatic carboxylic acids is 1. The van der Waals surface area contributed by atoms with Gasteiger partial charge in [-0.1, -0.05) is 28.1 Å². The molecule has 1 N–H and O–H groups in total. The Kier molecular flexibility index (Phi) is 5.57. The third kappa shape index (κ3) is 4.53. The van der Waals surface area contributed by atoms with Crippen molar-refractivity contribution in [3.8, 4) is 0 Å². The van der Waals surface area contributed by atoms with Gasteiger partial charge < -0.3 is 10.0 Å². The molecule has 20 heavy (non-hydrogen) atoms. The smallest absolute Gasteiger partial charge is 0.328 e. The molecule has 0 amide bonds. The number of hydrogen-bond acceptors (Lipinski definition) is 2. The molecule has 0 aliphatic carbocycles. The van der Waals surface area contributed by atoms with Crippen molar-refractivity contribution < 1.29 is 9.90 Å². The van der Waals surface area contributed by atoms with Crippen LogP contribution < -0.4 is 4.90 Å². The van der Waals surface area contributed by atoms with E-state index >= 15 is 0 Å². The number of carboxylic acid groups (broad SMARTS) is 1. The first kappa shape index (κ1) is 16.5. The van der Waals surface area contributed by atoms with Crippen molar-refractivity contribution in [1.82, 2.24) is 0 Å². The Morgan fingerprint density at radius 3 is 2.55 bits per heavy atom. The summed E-state index contributed by atoms with van der Waals surface area (Å²) in [7, 11) is 0. The van der Waals surface area contributed by atoms with Crippen molar-refractivity contribution in [2.24, 2.45) is 0 Å². The summed E-state index contributed by atoms with van der Waals surface area (Å²) in [6.07, 6.45) is 4.58. The van der Waals surface area contributed by atoms with E-state index < -0.39 is 5.97 Å². The summed E-state index contributed by atoms with van der Waals surface area (Å²) >= 11 is 3.49. The lowest BCUT2D eigenvalue weighted by atomic mass is 10.0. The number of benzene rings is 1. The quantitative estimate of drug-likeness (QED) is 0.641. The van der Waals surface area contributed by atoms with Crippen LogP contribution in [0.15, 0.2) is 41.4 Å². The molecular weight excluding hydrogens is 318 g/mol. The van der Waals surface area contributed by atoms with Crippen LogP contribution in [-0.4, -0.2) is 23.2 Å². The summed E-state index contributed by atoms with van der Waals surface area (Å²) in [5.41, 5.74) is 1.88. The van der Waals surface area contributed by atoms with Crippen LogP contribution in [0.4, 0.5) is 5.69 Å². The molecule has 0 spiro atoms. The lowest BCUT2D eigenvalue weighted by molar-refractivity contribution is -0.131. The fourth-order valence-corrected chi connectivity index (χ4v) is 2.37. The van der Waals surface area contributed by atoms with Gasteiger partial charge in [0.05, 0.1) is 0 Å².